The number of rotatable bonds is 3. The molecule has 0 aliphatic carbocycles. The molecule has 2 aromatic carbocycles. The van der Waals surface area contributed by atoms with Crippen molar-refractivity contribution in [3.8, 4) is 5.75 Å². The van der Waals surface area contributed by atoms with E-state index in [-0.39, 0.29) is 26.8 Å². The molecule has 0 saturated carbocycles. The first-order valence-corrected chi connectivity index (χ1v) is 8.33. The summed E-state index contributed by atoms with van der Waals surface area (Å²) in [7, 11) is -3.93. The fourth-order valence-corrected chi connectivity index (χ4v) is 4.28. The summed E-state index contributed by atoms with van der Waals surface area (Å²) in [6, 6.07) is 12.0. The first-order chi connectivity index (χ1) is 11.2. The van der Waals surface area contributed by atoms with E-state index < -0.39 is 22.6 Å². The van der Waals surface area contributed by atoms with E-state index in [0.717, 1.165) is 6.07 Å². The first-order valence-electron chi connectivity index (χ1n) is 6.84. The lowest BCUT2D eigenvalue weighted by molar-refractivity contribution is -0.153. The van der Waals surface area contributed by atoms with Crippen LogP contribution in [0.15, 0.2) is 53.4 Å². The van der Waals surface area contributed by atoms with Gasteiger partial charge in [0.15, 0.2) is 6.61 Å². The number of nitrogens with two attached hydrogens (primary N) is 1. The van der Waals surface area contributed by atoms with Crippen molar-refractivity contribution in [1.82, 2.24) is 0 Å². The van der Waals surface area contributed by atoms with Crippen LogP contribution in [0, 0.1) is 0 Å². The van der Waals surface area contributed by atoms with E-state index in [9.17, 15) is 21.6 Å². The zero-order chi connectivity index (χ0) is 17.5. The molecule has 0 saturated heterocycles. The molecule has 0 bridgehead atoms. The second-order valence-corrected chi connectivity index (χ2v) is 7.03. The number of benzene rings is 2. The minimum absolute atomic E-state index is 0.0499. The third-order valence-corrected chi connectivity index (χ3v) is 5.39. The number of hydrogen-bond donors (Lipinski definition) is 1. The maximum absolute atomic E-state index is 12.7. The van der Waals surface area contributed by atoms with Gasteiger partial charge in [-0.25, -0.2) is 8.42 Å². The van der Waals surface area contributed by atoms with Crippen molar-refractivity contribution in [2.75, 3.05) is 6.61 Å². The van der Waals surface area contributed by atoms with Crippen molar-refractivity contribution in [1.29, 1.82) is 0 Å². The number of ether oxygens (including phenoxy) is 1. The van der Waals surface area contributed by atoms with Crippen LogP contribution in [0.25, 0.3) is 10.6 Å². The summed E-state index contributed by atoms with van der Waals surface area (Å²) in [5, 5.41) is 0. The summed E-state index contributed by atoms with van der Waals surface area (Å²) in [5.41, 5.74) is 6.72. The van der Waals surface area contributed by atoms with Gasteiger partial charge in [0.1, 0.15) is 10.7 Å². The van der Waals surface area contributed by atoms with Gasteiger partial charge in [-0.2, -0.15) is 13.2 Å². The normalized spacial score (nSPS) is 16.1. The highest BCUT2D eigenvalue weighted by Crippen LogP contribution is 2.43. The number of alkyl halides is 3. The first kappa shape index (κ1) is 16.4. The summed E-state index contributed by atoms with van der Waals surface area (Å²) in [6.45, 7) is -1.50. The van der Waals surface area contributed by atoms with Crippen molar-refractivity contribution in [3.05, 3.63) is 59.7 Å². The summed E-state index contributed by atoms with van der Waals surface area (Å²) in [5.74, 6) is -0.184. The Bertz CT molecular complexity index is 919. The average molecular weight is 355 g/mol. The molecule has 1 aliphatic rings. The summed E-state index contributed by atoms with van der Waals surface area (Å²) in [6.07, 6.45) is -4.51. The predicted molar refractivity (Wildman–Crippen MR) is 82.6 cm³/mol. The van der Waals surface area contributed by atoms with E-state index in [1.54, 1.807) is 30.3 Å². The standard InChI is InChI=1S/C16H12F3NO3S/c17-16(18,19)9-23-11-6-7-12-13(8-11)24(21,22)15(14(12)20)10-4-2-1-3-5-10/h1-8H,9,20H2. The SMILES string of the molecule is NC1=C(c2ccccc2)S(=O)(=O)c2cc(OCC(F)(F)F)ccc21. The van der Waals surface area contributed by atoms with E-state index >= 15 is 0 Å². The second kappa shape index (κ2) is 5.55. The molecule has 0 aromatic heterocycles. The molecule has 24 heavy (non-hydrogen) atoms. The lowest BCUT2D eigenvalue weighted by Crippen LogP contribution is -2.19. The Morgan fingerprint density at radius 2 is 1.71 bits per heavy atom. The highest BCUT2D eigenvalue weighted by molar-refractivity contribution is 8.01. The van der Waals surface area contributed by atoms with Gasteiger partial charge in [0.25, 0.3) is 0 Å². The highest BCUT2D eigenvalue weighted by atomic mass is 32.2. The van der Waals surface area contributed by atoms with Gasteiger partial charge in [0.2, 0.25) is 9.84 Å². The van der Waals surface area contributed by atoms with E-state index in [1.165, 1.54) is 12.1 Å². The van der Waals surface area contributed by atoms with Crippen LogP contribution in [-0.2, 0) is 9.84 Å². The van der Waals surface area contributed by atoms with Crippen molar-refractivity contribution in [2.45, 2.75) is 11.1 Å². The third-order valence-electron chi connectivity index (χ3n) is 3.48. The molecular weight excluding hydrogens is 343 g/mol. The van der Waals surface area contributed by atoms with Crippen LogP contribution < -0.4 is 10.5 Å². The minimum Gasteiger partial charge on any atom is -0.484 e. The molecule has 0 atom stereocenters. The molecule has 0 fully saturated rings. The molecule has 1 heterocycles. The van der Waals surface area contributed by atoms with Gasteiger partial charge in [0.05, 0.1) is 10.6 Å². The largest absolute Gasteiger partial charge is 0.484 e. The molecule has 126 valence electrons. The van der Waals surface area contributed by atoms with Gasteiger partial charge < -0.3 is 10.5 Å². The molecule has 4 nitrogen and oxygen atoms in total. The van der Waals surface area contributed by atoms with Crippen molar-refractivity contribution >= 4 is 20.4 Å². The molecule has 8 heteroatoms. The summed E-state index contributed by atoms with van der Waals surface area (Å²) < 4.78 is 66.8. The monoisotopic (exact) mass is 355 g/mol. The topological polar surface area (TPSA) is 69.4 Å². The second-order valence-electron chi connectivity index (χ2n) is 5.17. The van der Waals surface area contributed by atoms with Crippen LogP contribution >= 0.6 is 0 Å². The Morgan fingerprint density at radius 3 is 2.33 bits per heavy atom. The predicted octanol–water partition coefficient (Wildman–Crippen LogP) is 3.20. The smallest absolute Gasteiger partial charge is 0.422 e. The van der Waals surface area contributed by atoms with Crippen LogP contribution in [0.2, 0.25) is 0 Å². The van der Waals surface area contributed by atoms with Crippen molar-refractivity contribution in [2.24, 2.45) is 5.73 Å². The van der Waals surface area contributed by atoms with Gasteiger partial charge in [-0.15, -0.1) is 0 Å². The third kappa shape index (κ3) is 2.84. The molecule has 0 radical (unpaired) electrons. The summed E-state index contributed by atoms with van der Waals surface area (Å²) >= 11 is 0. The van der Waals surface area contributed by atoms with Crippen molar-refractivity contribution in [3.63, 3.8) is 0 Å². The Kier molecular flexibility index (Phi) is 3.79. The van der Waals surface area contributed by atoms with Gasteiger partial charge >= 0.3 is 6.18 Å². The highest BCUT2D eigenvalue weighted by Gasteiger charge is 2.36. The maximum Gasteiger partial charge on any atom is 0.422 e. The molecular formula is C16H12F3NO3S. The van der Waals surface area contributed by atoms with Crippen LogP contribution in [0.1, 0.15) is 11.1 Å². The quantitative estimate of drug-likeness (QED) is 0.918. The maximum atomic E-state index is 12.7. The number of halogens is 3. The zero-order valence-corrected chi connectivity index (χ0v) is 13.0. The molecule has 1 aliphatic heterocycles. The van der Waals surface area contributed by atoms with Gasteiger partial charge in [-0.1, -0.05) is 30.3 Å². The lowest BCUT2D eigenvalue weighted by Gasteiger charge is -2.10. The van der Waals surface area contributed by atoms with Crippen molar-refractivity contribution < 1.29 is 26.3 Å². The van der Waals surface area contributed by atoms with E-state index in [1.807, 2.05) is 0 Å². The van der Waals surface area contributed by atoms with Crippen LogP contribution in [0.4, 0.5) is 13.2 Å². The zero-order valence-electron chi connectivity index (χ0n) is 12.2. The molecule has 2 N–H and O–H groups in total. The Balaban J connectivity index is 2.03. The molecule has 0 amide bonds. The average Bonchev–Trinajstić information content (AvgIpc) is 2.72. The van der Waals surface area contributed by atoms with E-state index in [4.69, 9.17) is 5.73 Å². The van der Waals surface area contributed by atoms with Crippen LogP contribution in [-0.4, -0.2) is 21.2 Å². The Hall–Kier alpha value is -2.48. The number of hydrogen-bond acceptors (Lipinski definition) is 4. The van der Waals surface area contributed by atoms with Crippen LogP contribution in [0.5, 0.6) is 5.75 Å². The minimum atomic E-state index is -4.51. The van der Waals surface area contributed by atoms with Gasteiger partial charge in [-0.3, -0.25) is 0 Å². The Labute approximate surface area is 136 Å². The molecule has 3 rings (SSSR count). The molecule has 0 spiro atoms. The van der Waals surface area contributed by atoms with Gasteiger partial charge in [-0.05, 0) is 23.8 Å². The number of fused-ring (bicyclic) bond motifs is 1. The van der Waals surface area contributed by atoms with Crippen LogP contribution in [0.3, 0.4) is 0 Å². The fourth-order valence-electron chi connectivity index (χ4n) is 2.48. The Morgan fingerprint density at radius 1 is 1.04 bits per heavy atom. The van der Waals surface area contributed by atoms with Gasteiger partial charge in [0, 0.05) is 5.56 Å². The fraction of sp³-hybridized carbons (Fsp3) is 0.125. The lowest BCUT2D eigenvalue weighted by atomic mass is 10.1. The molecule has 2 aromatic rings. The summed E-state index contributed by atoms with van der Waals surface area (Å²) in [4.78, 5) is -0.204. The van der Waals surface area contributed by atoms with E-state index in [0.29, 0.717) is 5.56 Å². The number of sulfone groups is 1. The molecule has 0 unspecified atom stereocenters. The van der Waals surface area contributed by atoms with E-state index in [2.05, 4.69) is 4.74 Å².